The first-order valence-electron chi connectivity index (χ1n) is 8.30. The van der Waals surface area contributed by atoms with Gasteiger partial charge in [0.05, 0.1) is 6.54 Å². The quantitative estimate of drug-likeness (QED) is 0.836. The van der Waals surface area contributed by atoms with Gasteiger partial charge in [-0.3, -0.25) is 9.59 Å². The van der Waals surface area contributed by atoms with Crippen LogP contribution in [0.25, 0.3) is 0 Å². The van der Waals surface area contributed by atoms with E-state index in [1.165, 1.54) is 7.11 Å². The number of alkyl halides is 2. The molecule has 1 saturated carbocycles. The van der Waals surface area contributed by atoms with E-state index in [0.717, 1.165) is 0 Å². The number of hydrogen-bond donors (Lipinski definition) is 1. The smallest absolute Gasteiger partial charge is 0.254 e. The summed E-state index contributed by atoms with van der Waals surface area (Å²) in [5, 5.41) is 2.86. The van der Waals surface area contributed by atoms with Crippen molar-refractivity contribution in [3.63, 3.8) is 0 Å². The number of piperidine rings is 1. The lowest BCUT2D eigenvalue weighted by Gasteiger charge is -2.44. The molecule has 2 atom stereocenters. The standard InChI is InChI=1S/C16H24F2N2O4/c1-14(2)13(22)19-16(24-14)5-4-6-20(9-16)12(21)11(23-3)10-7-15(17,18)8-10/h10-11H,4-9H2,1-3H3,(H,19,22). The van der Waals surface area contributed by atoms with Crippen LogP contribution < -0.4 is 5.32 Å². The van der Waals surface area contributed by atoms with Crippen LogP contribution in [0.15, 0.2) is 0 Å². The Labute approximate surface area is 139 Å². The van der Waals surface area contributed by atoms with Crippen LogP contribution in [0, 0.1) is 5.92 Å². The van der Waals surface area contributed by atoms with Crippen LogP contribution in [0.1, 0.15) is 39.5 Å². The summed E-state index contributed by atoms with van der Waals surface area (Å²) < 4.78 is 37.3. The number of nitrogens with one attached hydrogen (secondary N) is 1. The van der Waals surface area contributed by atoms with Crippen LogP contribution in [0.4, 0.5) is 8.78 Å². The summed E-state index contributed by atoms with van der Waals surface area (Å²) >= 11 is 0. The van der Waals surface area contributed by atoms with Gasteiger partial charge in [0.1, 0.15) is 11.7 Å². The number of likely N-dealkylation sites (tertiary alicyclic amines) is 1. The highest BCUT2D eigenvalue weighted by Crippen LogP contribution is 2.45. The van der Waals surface area contributed by atoms with Gasteiger partial charge in [0.25, 0.3) is 11.8 Å². The number of amides is 2. The average molecular weight is 346 g/mol. The van der Waals surface area contributed by atoms with E-state index in [-0.39, 0.29) is 31.2 Å². The number of ether oxygens (including phenoxy) is 2. The Morgan fingerprint density at radius 2 is 2.08 bits per heavy atom. The second-order valence-electron chi connectivity index (χ2n) is 7.60. The molecule has 8 heteroatoms. The molecule has 1 N–H and O–H groups in total. The van der Waals surface area contributed by atoms with E-state index in [1.807, 2.05) is 0 Å². The molecule has 3 rings (SSSR count). The molecule has 2 amide bonds. The summed E-state index contributed by atoms with van der Waals surface area (Å²) in [6.07, 6.45) is -0.234. The lowest BCUT2D eigenvalue weighted by atomic mass is 9.77. The molecule has 24 heavy (non-hydrogen) atoms. The van der Waals surface area contributed by atoms with Crippen molar-refractivity contribution in [2.45, 2.75) is 62.9 Å². The third kappa shape index (κ3) is 3.01. The van der Waals surface area contributed by atoms with Crippen LogP contribution in [0.3, 0.4) is 0 Å². The Hall–Kier alpha value is -1.28. The molecule has 0 aromatic carbocycles. The molecule has 136 valence electrons. The molecule has 1 spiro atoms. The number of rotatable bonds is 3. The summed E-state index contributed by atoms with van der Waals surface area (Å²) in [5.74, 6) is -3.68. The van der Waals surface area contributed by atoms with E-state index in [0.29, 0.717) is 19.4 Å². The van der Waals surface area contributed by atoms with Crippen LogP contribution in [0.2, 0.25) is 0 Å². The fourth-order valence-electron chi connectivity index (χ4n) is 3.91. The van der Waals surface area contributed by atoms with E-state index in [2.05, 4.69) is 5.32 Å². The van der Waals surface area contributed by atoms with Crippen LogP contribution in [-0.2, 0) is 19.1 Å². The maximum absolute atomic E-state index is 13.1. The van der Waals surface area contributed by atoms with Crippen molar-refractivity contribution in [2.75, 3.05) is 20.2 Å². The minimum absolute atomic E-state index is 0.210. The van der Waals surface area contributed by atoms with Crippen LogP contribution in [0.5, 0.6) is 0 Å². The van der Waals surface area contributed by atoms with Crippen LogP contribution >= 0.6 is 0 Å². The molecule has 2 heterocycles. The van der Waals surface area contributed by atoms with Crippen molar-refractivity contribution in [1.29, 1.82) is 0 Å². The molecule has 3 fully saturated rings. The number of nitrogens with zero attached hydrogens (tertiary/aromatic N) is 1. The minimum atomic E-state index is -2.70. The van der Waals surface area contributed by atoms with Crippen molar-refractivity contribution >= 4 is 11.8 Å². The molecular formula is C16H24F2N2O4. The average Bonchev–Trinajstić information content (AvgIpc) is 2.66. The molecule has 2 unspecified atom stereocenters. The molecule has 0 bridgehead atoms. The van der Waals surface area contributed by atoms with Gasteiger partial charge in [-0.25, -0.2) is 8.78 Å². The molecule has 0 aromatic rings. The Morgan fingerprint density at radius 3 is 2.58 bits per heavy atom. The van der Waals surface area contributed by atoms with Crippen LogP contribution in [-0.4, -0.2) is 60.3 Å². The van der Waals surface area contributed by atoms with Gasteiger partial charge in [-0.15, -0.1) is 0 Å². The monoisotopic (exact) mass is 346 g/mol. The van der Waals surface area contributed by atoms with Crippen molar-refractivity contribution in [2.24, 2.45) is 5.92 Å². The highest BCUT2D eigenvalue weighted by Gasteiger charge is 2.55. The Kier molecular flexibility index (Phi) is 4.11. The number of hydrogen-bond acceptors (Lipinski definition) is 4. The first kappa shape index (κ1) is 17.5. The predicted octanol–water partition coefficient (Wildman–Crippen LogP) is 1.29. The summed E-state index contributed by atoms with van der Waals surface area (Å²) in [6.45, 7) is 4.09. The van der Waals surface area contributed by atoms with E-state index in [4.69, 9.17) is 9.47 Å². The van der Waals surface area contributed by atoms with E-state index < -0.39 is 29.3 Å². The normalized spacial score (nSPS) is 33.2. The molecule has 0 radical (unpaired) electrons. The van der Waals surface area contributed by atoms with Gasteiger partial charge in [-0.1, -0.05) is 0 Å². The lowest BCUT2D eigenvalue weighted by molar-refractivity contribution is -0.178. The predicted molar refractivity (Wildman–Crippen MR) is 80.3 cm³/mol. The fourth-order valence-corrected chi connectivity index (χ4v) is 3.91. The summed E-state index contributed by atoms with van der Waals surface area (Å²) in [5.41, 5.74) is -1.83. The summed E-state index contributed by atoms with van der Waals surface area (Å²) in [6, 6.07) is 0. The van der Waals surface area contributed by atoms with Crippen molar-refractivity contribution in [1.82, 2.24) is 10.2 Å². The second kappa shape index (κ2) is 5.62. The molecule has 2 saturated heterocycles. The zero-order valence-corrected chi connectivity index (χ0v) is 14.2. The maximum Gasteiger partial charge on any atom is 0.254 e. The zero-order valence-electron chi connectivity index (χ0n) is 14.2. The van der Waals surface area contributed by atoms with Gasteiger partial charge in [0, 0.05) is 32.4 Å². The number of carbonyl (C=O) groups excluding carboxylic acids is 2. The molecule has 0 aromatic heterocycles. The molecule has 2 aliphatic heterocycles. The third-order valence-electron chi connectivity index (χ3n) is 5.15. The first-order valence-corrected chi connectivity index (χ1v) is 8.30. The summed E-state index contributed by atoms with van der Waals surface area (Å²) in [4.78, 5) is 26.3. The van der Waals surface area contributed by atoms with E-state index in [9.17, 15) is 18.4 Å². The van der Waals surface area contributed by atoms with Gasteiger partial charge in [0.15, 0.2) is 5.72 Å². The van der Waals surface area contributed by atoms with E-state index >= 15 is 0 Å². The lowest BCUT2D eigenvalue weighted by Crippen LogP contribution is -2.60. The first-order chi connectivity index (χ1) is 11.1. The third-order valence-corrected chi connectivity index (χ3v) is 5.15. The molecule has 3 aliphatic rings. The summed E-state index contributed by atoms with van der Waals surface area (Å²) in [7, 11) is 1.37. The Morgan fingerprint density at radius 1 is 1.42 bits per heavy atom. The van der Waals surface area contributed by atoms with Crippen molar-refractivity contribution in [3.05, 3.63) is 0 Å². The van der Waals surface area contributed by atoms with E-state index in [1.54, 1.807) is 18.7 Å². The van der Waals surface area contributed by atoms with Gasteiger partial charge in [0.2, 0.25) is 5.92 Å². The number of carbonyl (C=O) groups is 2. The number of methoxy groups -OCH3 is 1. The topological polar surface area (TPSA) is 67.9 Å². The molecule has 6 nitrogen and oxygen atoms in total. The largest absolute Gasteiger partial charge is 0.371 e. The second-order valence-corrected chi connectivity index (χ2v) is 7.60. The molecular weight excluding hydrogens is 322 g/mol. The highest BCUT2D eigenvalue weighted by molar-refractivity contribution is 5.87. The van der Waals surface area contributed by atoms with Gasteiger partial charge in [-0.2, -0.15) is 0 Å². The van der Waals surface area contributed by atoms with Gasteiger partial charge >= 0.3 is 0 Å². The SMILES string of the molecule is COC(C(=O)N1CCCC2(C1)NC(=O)C(C)(C)O2)C1CC(F)(F)C1. The Bertz CT molecular complexity index is 546. The maximum atomic E-state index is 13.1. The van der Waals surface area contributed by atoms with Crippen molar-refractivity contribution < 1.29 is 27.8 Å². The zero-order chi connectivity index (χ0) is 17.8. The van der Waals surface area contributed by atoms with Gasteiger partial charge < -0.3 is 19.7 Å². The highest BCUT2D eigenvalue weighted by atomic mass is 19.3. The van der Waals surface area contributed by atoms with Crippen molar-refractivity contribution in [3.8, 4) is 0 Å². The van der Waals surface area contributed by atoms with Gasteiger partial charge in [-0.05, 0) is 26.7 Å². The molecule has 1 aliphatic carbocycles. The minimum Gasteiger partial charge on any atom is -0.371 e. The number of halogens is 2. The Balaban J connectivity index is 1.68. The fraction of sp³-hybridized carbons (Fsp3) is 0.875.